The second kappa shape index (κ2) is 5.85. The molecular formula is C16H20N2S. The highest BCUT2D eigenvalue weighted by Crippen LogP contribution is 2.41. The molecule has 0 atom stereocenters. The Morgan fingerprint density at radius 1 is 1.11 bits per heavy atom. The van der Waals surface area contributed by atoms with Crippen molar-refractivity contribution in [2.45, 2.75) is 44.6 Å². The summed E-state index contributed by atoms with van der Waals surface area (Å²) in [6, 6.07) is 10.5. The predicted molar refractivity (Wildman–Crippen MR) is 81.3 cm³/mol. The molecular weight excluding hydrogens is 252 g/mol. The van der Waals surface area contributed by atoms with Crippen molar-refractivity contribution in [2.75, 3.05) is 0 Å². The van der Waals surface area contributed by atoms with Crippen LogP contribution in [0.4, 0.5) is 0 Å². The molecule has 0 amide bonds. The Bertz CT molecular complexity index is 527. The number of nitrogens with two attached hydrogens (primary N) is 1. The van der Waals surface area contributed by atoms with E-state index in [4.69, 9.17) is 10.7 Å². The third-order valence-corrected chi connectivity index (χ3v) is 5.14. The van der Waals surface area contributed by atoms with E-state index >= 15 is 0 Å². The largest absolute Gasteiger partial charge is 0.325 e. The van der Waals surface area contributed by atoms with E-state index in [9.17, 15) is 0 Å². The summed E-state index contributed by atoms with van der Waals surface area (Å²) in [6.45, 7) is 0.553. The standard InChI is InChI=1S/C16H20N2S/c17-11-14-18-15(12-7-3-1-4-8-12)16(19-14)13-9-5-2-6-10-13/h1,3-4,7-8,13H,2,5-6,9-11,17H2. The minimum atomic E-state index is 0.553. The fraction of sp³-hybridized carbons (Fsp3) is 0.438. The molecule has 1 heterocycles. The number of benzene rings is 1. The van der Waals surface area contributed by atoms with E-state index in [1.165, 1.54) is 48.2 Å². The smallest absolute Gasteiger partial charge is 0.107 e. The van der Waals surface area contributed by atoms with Crippen LogP contribution in [0, 0.1) is 0 Å². The maximum Gasteiger partial charge on any atom is 0.107 e. The van der Waals surface area contributed by atoms with Gasteiger partial charge in [-0.1, -0.05) is 49.6 Å². The molecule has 2 aromatic rings. The number of thiazole rings is 1. The molecule has 0 bridgehead atoms. The maximum absolute atomic E-state index is 5.79. The number of rotatable bonds is 3. The quantitative estimate of drug-likeness (QED) is 0.904. The van der Waals surface area contributed by atoms with Crippen LogP contribution in [0.2, 0.25) is 0 Å². The zero-order chi connectivity index (χ0) is 13.1. The summed E-state index contributed by atoms with van der Waals surface area (Å²) >= 11 is 1.82. The van der Waals surface area contributed by atoms with Gasteiger partial charge in [-0.05, 0) is 18.8 Å². The highest BCUT2D eigenvalue weighted by atomic mass is 32.1. The van der Waals surface area contributed by atoms with Crippen LogP contribution in [-0.2, 0) is 6.54 Å². The van der Waals surface area contributed by atoms with E-state index < -0.39 is 0 Å². The van der Waals surface area contributed by atoms with Crippen molar-refractivity contribution in [2.24, 2.45) is 5.73 Å². The van der Waals surface area contributed by atoms with Gasteiger partial charge in [0.15, 0.2) is 0 Å². The molecule has 0 aliphatic heterocycles. The number of aromatic nitrogens is 1. The first-order chi connectivity index (χ1) is 9.38. The predicted octanol–water partition coefficient (Wildman–Crippen LogP) is 4.32. The monoisotopic (exact) mass is 272 g/mol. The molecule has 1 fully saturated rings. The molecule has 1 aromatic carbocycles. The third kappa shape index (κ3) is 2.72. The van der Waals surface area contributed by atoms with Crippen molar-refractivity contribution in [3.63, 3.8) is 0 Å². The lowest BCUT2D eigenvalue weighted by Gasteiger charge is -2.21. The van der Waals surface area contributed by atoms with Gasteiger partial charge in [0.05, 0.1) is 5.69 Å². The van der Waals surface area contributed by atoms with E-state index in [0.717, 1.165) is 5.01 Å². The van der Waals surface area contributed by atoms with Crippen molar-refractivity contribution < 1.29 is 0 Å². The van der Waals surface area contributed by atoms with Crippen molar-refractivity contribution in [1.29, 1.82) is 0 Å². The van der Waals surface area contributed by atoms with Gasteiger partial charge in [0.25, 0.3) is 0 Å². The minimum Gasteiger partial charge on any atom is -0.325 e. The second-order valence-corrected chi connectivity index (χ2v) is 6.34. The Hall–Kier alpha value is -1.19. The number of nitrogens with zero attached hydrogens (tertiary/aromatic N) is 1. The molecule has 3 heteroatoms. The summed E-state index contributed by atoms with van der Waals surface area (Å²) in [5.74, 6) is 0.696. The highest BCUT2D eigenvalue weighted by molar-refractivity contribution is 7.12. The average Bonchev–Trinajstić information content (AvgIpc) is 2.93. The Morgan fingerprint density at radius 2 is 1.84 bits per heavy atom. The molecule has 0 saturated heterocycles. The summed E-state index contributed by atoms with van der Waals surface area (Å²) in [4.78, 5) is 6.23. The molecule has 100 valence electrons. The lowest BCUT2D eigenvalue weighted by atomic mass is 9.87. The first-order valence-corrected chi connectivity index (χ1v) is 7.95. The van der Waals surface area contributed by atoms with Crippen LogP contribution in [0.25, 0.3) is 11.3 Å². The maximum atomic E-state index is 5.79. The van der Waals surface area contributed by atoms with E-state index in [1.807, 2.05) is 11.3 Å². The van der Waals surface area contributed by atoms with Crippen molar-refractivity contribution >= 4 is 11.3 Å². The first kappa shape index (κ1) is 12.8. The molecule has 0 unspecified atom stereocenters. The summed E-state index contributed by atoms with van der Waals surface area (Å²) in [5.41, 5.74) is 8.20. The summed E-state index contributed by atoms with van der Waals surface area (Å²) in [5, 5.41) is 1.07. The summed E-state index contributed by atoms with van der Waals surface area (Å²) in [6.07, 6.45) is 6.72. The van der Waals surface area contributed by atoms with Crippen LogP contribution in [-0.4, -0.2) is 4.98 Å². The van der Waals surface area contributed by atoms with Gasteiger partial charge in [-0.3, -0.25) is 0 Å². The molecule has 1 saturated carbocycles. The fourth-order valence-electron chi connectivity index (χ4n) is 2.91. The molecule has 1 aliphatic rings. The average molecular weight is 272 g/mol. The third-order valence-electron chi connectivity index (χ3n) is 3.90. The molecule has 3 rings (SSSR count). The Morgan fingerprint density at radius 3 is 2.53 bits per heavy atom. The molecule has 2 nitrogen and oxygen atoms in total. The normalized spacial score (nSPS) is 16.7. The minimum absolute atomic E-state index is 0.553. The molecule has 0 spiro atoms. The highest BCUT2D eigenvalue weighted by Gasteiger charge is 2.22. The second-order valence-electron chi connectivity index (χ2n) is 5.23. The van der Waals surface area contributed by atoms with Crippen LogP contribution in [0.3, 0.4) is 0 Å². The van der Waals surface area contributed by atoms with Crippen LogP contribution >= 0.6 is 11.3 Å². The van der Waals surface area contributed by atoms with E-state index in [-0.39, 0.29) is 0 Å². The number of hydrogen-bond acceptors (Lipinski definition) is 3. The number of hydrogen-bond donors (Lipinski definition) is 1. The van der Waals surface area contributed by atoms with Gasteiger partial charge >= 0.3 is 0 Å². The van der Waals surface area contributed by atoms with Crippen LogP contribution in [0.15, 0.2) is 30.3 Å². The van der Waals surface area contributed by atoms with Gasteiger partial charge in [0.2, 0.25) is 0 Å². The Balaban J connectivity index is 2.00. The fourth-order valence-corrected chi connectivity index (χ4v) is 4.05. The lowest BCUT2D eigenvalue weighted by molar-refractivity contribution is 0.448. The Labute approximate surface area is 118 Å². The van der Waals surface area contributed by atoms with Crippen LogP contribution in [0.1, 0.15) is 47.9 Å². The topological polar surface area (TPSA) is 38.9 Å². The van der Waals surface area contributed by atoms with Gasteiger partial charge in [-0.25, -0.2) is 4.98 Å². The van der Waals surface area contributed by atoms with E-state index in [1.54, 1.807) is 0 Å². The van der Waals surface area contributed by atoms with Crippen LogP contribution in [0.5, 0.6) is 0 Å². The first-order valence-electron chi connectivity index (χ1n) is 7.13. The molecule has 19 heavy (non-hydrogen) atoms. The molecule has 0 radical (unpaired) electrons. The molecule has 1 aromatic heterocycles. The SMILES string of the molecule is NCc1nc(-c2ccccc2)c(C2CCCCC2)s1. The lowest BCUT2D eigenvalue weighted by Crippen LogP contribution is -2.03. The van der Waals surface area contributed by atoms with Gasteiger partial charge in [-0.2, -0.15) is 0 Å². The zero-order valence-corrected chi connectivity index (χ0v) is 12.0. The van der Waals surface area contributed by atoms with Crippen molar-refractivity contribution in [1.82, 2.24) is 4.98 Å². The zero-order valence-electron chi connectivity index (χ0n) is 11.1. The van der Waals surface area contributed by atoms with Crippen molar-refractivity contribution in [3.8, 4) is 11.3 Å². The van der Waals surface area contributed by atoms with E-state index in [2.05, 4.69) is 30.3 Å². The van der Waals surface area contributed by atoms with Gasteiger partial charge in [-0.15, -0.1) is 11.3 Å². The van der Waals surface area contributed by atoms with Gasteiger partial charge in [0, 0.05) is 17.0 Å². The van der Waals surface area contributed by atoms with E-state index in [0.29, 0.717) is 12.5 Å². The van der Waals surface area contributed by atoms with Crippen LogP contribution < -0.4 is 5.73 Å². The molecule has 2 N–H and O–H groups in total. The van der Waals surface area contributed by atoms with Gasteiger partial charge in [0.1, 0.15) is 5.01 Å². The molecule has 1 aliphatic carbocycles. The summed E-state index contributed by atoms with van der Waals surface area (Å²) < 4.78 is 0. The van der Waals surface area contributed by atoms with Gasteiger partial charge < -0.3 is 5.73 Å². The summed E-state index contributed by atoms with van der Waals surface area (Å²) in [7, 11) is 0. The van der Waals surface area contributed by atoms with Crippen molar-refractivity contribution in [3.05, 3.63) is 40.2 Å². The Kier molecular flexibility index (Phi) is 3.95.